The molecule has 0 bridgehead atoms. The van der Waals surface area contributed by atoms with Crippen molar-refractivity contribution in [2.24, 2.45) is 0 Å². The van der Waals surface area contributed by atoms with E-state index in [0.29, 0.717) is 0 Å². The van der Waals surface area contributed by atoms with Crippen LogP contribution in [0.2, 0.25) is 0 Å². The number of hydrogen-bond donors (Lipinski definition) is 0. The first-order valence-corrected chi connectivity index (χ1v) is 9.54. The summed E-state index contributed by atoms with van der Waals surface area (Å²) in [6.07, 6.45) is 0. The first-order valence-electron chi connectivity index (χ1n) is 7.14. The molecule has 1 aromatic carbocycles. The van der Waals surface area contributed by atoms with Crippen molar-refractivity contribution >= 4 is 49.1 Å². The average Bonchev–Trinajstić information content (AvgIpc) is 2.88. The fourth-order valence-electron chi connectivity index (χ4n) is 2.56. The zero-order valence-electron chi connectivity index (χ0n) is 12.0. The molecule has 2 heterocycles. The van der Waals surface area contributed by atoms with Crippen LogP contribution in [0.5, 0.6) is 0 Å². The molecule has 1 aliphatic rings. The fourth-order valence-corrected chi connectivity index (χ4v) is 4.56. The van der Waals surface area contributed by atoms with Crippen molar-refractivity contribution < 1.29 is 4.79 Å². The van der Waals surface area contributed by atoms with Gasteiger partial charge in [-0.15, -0.1) is 11.3 Å². The number of thiophene rings is 1. The third-order valence-corrected chi connectivity index (χ3v) is 7.01. The van der Waals surface area contributed by atoms with Crippen molar-refractivity contribution in [3.8, 4) is 0 Å². The number of halogens is 2. The van der Waals surface area contributed by atoms with Crippen molar-refractivity contribution in [2.45, 2.75) is 6.54 Å². The second-order valence-electron chi connectivity index (χ2n) is 5.29. The zero-order valence-corrected chi connectivity index (χ0v) is 16.0. The van der Waals surface area contributed by atoms with E-state index < -0.39 is 0 Å². The van der Waals surface area contributed by atoms with Gasteiger partial charge in [0.25, 0.3) is 5.91 Å². The molecule has 1 saturated heterocycles. The lowest BCUT2D eigenvalue weighted by Gasteiger charge is -2.34. The maximum absolute atomic E-state index is 12.5. The SMILES string of the molecule is O=C(c1cc(Br)c(Br)s1)N1CCN(Cc2ccccc2)CC1. The molecule has 116 valence electrons. The van der Waals surface area contributed by atoms with Gasteiger partial charge >= 0.3 is 0 Å². The van der Waals surface area contributed by atoms with Crippen LogP contribution < -0.4 is 0 Å². The van der Waals surface area contributed by atoms with E-state index in [1.807, 2.05) is 17.0 Å². The van der Waals surface area contributed by atoms with Crippen molar-refractivity contribution in [3.05, 3.63) is 55.1 Å². The Morgan fingerprint density at radius 3 is 2.36 bits per heavy atom. The molecule has 3 rings (SSSR count). The Kier molecular flexibility index (Phi) is 5.33. The van der Waals surface area contributed by atoms with E-state index >= 15 is 0 Å². The van der Waals surface area contributed by atoms with Crippen molar-refractivity contribution in [1.82, 2.24) is 9.80 Å². The van der Waals surface area contributed by atoms with Crippen molar-refractivity contribution in [3.63, 3.8) is 0 Å². The Hall–Kier alpha value is -0.690. The third kappa shape index (κ3) is 3.79. The Bertz CT molecular complexity index is 632. The van der Waals surface area contributed by atoms with Gasteiger partial charge in [-0.2, -0.15) is 0 Å². The summed E-state index contributed by atoms with van der Waals surface area (Å²) >= 11 is 8.37. The second kappa shape index (κ2) is 7.25. The maximum Gasteiger partial charge on any atom is 0.264 e. The summed E-state index contributed by atoms with van der Waals surface area (Å²) in [4.78, 5) is 17.6. The van der Waals surface area contributed by atoms with E-state index in [1.54, 1.807) is 0 Å². The highest BCUT2D eigenvalue weighted by Gasteiger charge is 2.23. The Morgan fingerprint density at radius 1 is 1.09 bits per heavy atom. The first kappa shape index (κ1) is 16.2. The van der Waals surface area contributed by atoms with Crippen molar-refractivity contribution in [2.75, 3.05) is 26.2 Å². The molecule has 2 aromatic rings. The van der Waals surface area contributed by atoms with Crippen LogP contribution in [0.4, 0.5) is 0 Å². The number of nitrogens with zero attached hydrogens (tertiary/aromatic N) is 2. The highest BCUT2D eigenvalue weighted by atomic mass is 79.9. The number of amides is 1. The topological polar surface area (TPSA) is 23.6 Å². The number of carbonyl (C=O) groups excluding carboxylic acids is 1. The fraction of sp³-hybridized carbons (Fsp3) is 0.312. The molecular formula is C16H16Br2N2OS. The lowest BCUT2D eigenvalue weighted by Crippen LogP contribution is -2.48. The van der Waals surface area contributed by atoms with E-state index in [-0.39, 0.29) is 5.91 Å². The van der Waals surface area contributed by atoms with Crippen molar-refractivity contribution in [1.29, 1.82) is 0 Å². The molecule has 1 aromatic heterocycles. The molecule has 0 saturated carbocycles. The van der Waals surface area contributed by atoms with Gasteiger partial charge in [-0.3, -0.25) is 9.69 Å². The van der Waals surface area contributed by atoms with Crippen LogP contribution in [0.15, 0.2) is 44.7 Å². The highest BCUT2D eigenvalue weighted by molar-refractivity contribution is 9.13. The van der Waals surface area contributed by atoms with Crippen LogP contribution in [0.25, 0.3) is 0 Å². The summed E-state index contributed by atoms with van der Waals surface area (Å²) in [5.74, 6) is 0.135. The van der Waals surface area contributed by atoms with E-state index in [4.69, 9.17) is 0 Å². The second-order valence-corrected chi connectivity index (χ2v) is 8.51. The molecule has 1 aliphatic heterocycles. The molecule has 1 amide bonds. The molecule has 0 unspecified atom stereocenters. The summed E-state index contributed by atoms with van der Waals surface area (Å²) in [7, 11) is 0. The first-order chi connectivity index (χ1) is 10.6. The maximum atomic E-state index is 12.5. The monoisotopic (exact) mass is 442 g/mol. The molecule has 0 spiro atoms. The average molecular weight is 444 g/mol. The predicted octanol–water partition coefficient (Wildman–Crippen LogP) is 4.23. The van der Waals surface area contributed by atoms with Gasteiger partial charge in [0.05, 0.1) is 8.66 Å². The van der Waals surface area contributed by atoms with Crippen LogP contribution in [-0.2, 0) is 6.54 Å². The lowest BCUT2D eigenvalue weighted by molar-refractivity contribution is 0.0633. The predicted molar refractivity (Wildman–Crippen MR) is 97.3 cm³/mol. The highest BCUT2D eigenvalue weighted by Crippen LogP contribution is 2.33. The molecule has 1 fully saturated rings. The van der Waals surface area contributed by atoms with Gasteiger partial charge in [-0.25, -0.2) is 0 Å². The standard InChI is InChI=1S/C16H16Br2N2OS/c17-13-10-14(22-15(13)18)16(21)20-8-6-19(7-9-20)11-12-4-2-1-3-5-12/h1-5,10H,6-9,11H2. The Balaban J connectivity index is 1.56. The van der Waals surface area contributed by atoms with Crippen LogP contribution in [0, 0.1) is 0 Å². The van der Waals surface area contributed by atoms with E-state index in [2.05, 4.69) is 61.0 Å². The number of benzene rings is 1. The molecule has 22 heavy (non-hydrogen) atoms. The minimum atomic E-state index is 0.135. The smallest absolute Gasteiger partial charge is 0.264 e. The van der Waals surface area contributed by atoms with Gasteiger partial charge in [-0.05, 0) is 43.5 Å². The lowest BCUT2D eigenvalue weighted by atomic mass is 10.2. The summed E-state index contributed by atoms with van der Waals surface area (Å²) in [6.45, 7) is 4.39. The number of carbonyl (C=O) groups is 1. The number of hydrogen-bond acceptors (Lipinski definition) is 3. The van der Waals surface area contributed by atoms with E-state index in [0.717, 1.165) is 45.9 Å². The molecule has 0 atom stereocenters. The third-order valence-electron chi connectivity index (χ3n) is 3.76. The molecular weight excluding hydrogens is 428 g/mol. The van der Waals surface area contributed by atoms with Gasteiger partial charge in [-0.1, -0.05) is 30.3 Å². The van der Waals surface area contributed by atoms with Gasteiger partial charge in [0.1, 0.15) is 0 Å². The van der Waals surface area contributed by atoms with Gasteiger partial charge in [0.15, 0.2) is 0 Å². The molecule has 0 aliphatic carbocycles. The summed E-state index contributed by atoms with van der Waals surface area (Å²) < 4.78 is 1.92. The van der Waals surface area contributed by atoms with Gasteiger partial charge < -0.3 is 4.90 Å². The Labute approximate surface area is 151 Å². The summed E-state index contributed by atoms with van der Waals surface area (Å²) in [6, 6.07) is 12.4. The largest absolute Gasteiger partial charge is 0.335 e. The molecule has 0 N–H and O–H groups in total. The van der Waals surface area contributed by atoms with Crippen LogP contribution in [-0.4, -0.2) is 41.9 Å². The zero-order chi connectivity index (χ0) is 15.5. The van der Waals surface area contributed by atoms with Gasteiger partial charge in [0, 0.05) is 37.2 Å². The van der Waals surface area contributed by atoms with Crippen LogP contribution in [0.3, 0.4) is 0 Å². The minimum absolute atomic E-state index is 0.135. The Morgan fingerprint density at radius 2 is 1.77 bits per heavy atom. The van der Waals surface area contributed by atoms with Gasteiger partial charge in [0.2, 0.25) is 0 Å². The van der Waals surface area contributed by atoms with Crippen LogP contribution in [0.1, 0.15) is 15.2 Å². The molecule has 0 radical (unpaired) electrons. The quantitative estimate of drug-likeness (QED) is 0.708. The number of rotatable bonds is 3. The number of piperazine rings is 1. The minimum Gasteiger partial charge on any atom is -0.335 e. The molecule has 6 heteroatoms. The van der Waals surface area contributed by atoms with E-state index in [9.17, 15) is 4.79 Å². The molecule has 3 nitrogen and oxygen atoms in total. The van der Waals surface area contributed by atoms with E-state index in [1.165, 1.54) is 16.9 Å². The summed E-state index contributed by atoms with van der Waals surface area (Å²) in [5.41, 5.74) is 1.33. The summed E-state index contributed by atoms with van der Waals surface area (Å²) in [5, 5.41) is 0. The van der Waals surface area contributed by atoms with Crippen LogP contribution >= 0.6 is 43.2 Å². The normalized spacial score (nSPS) is 16.0.